The van der Waals surface area contributed by atoms with Gasteiger partial charge in [0.2, 0.25) is 5.91 Å². The van der Waals surface area contributed by atoms with Gasteiger partial charge >= 0.3 is 0 Å². The summed E-state index contributed by atoms with van der Waals surface area (Å²) in [4.78, 5) is 12.1. The van der Waals surface area contributed by atoms with Crippen LogP contribution in [-0.2, 0) is 4.79 Å². The number of amides is 1. The number of nitrogens with two attached hydrogens (primary N) is 2. The van der Waals surface area contributed by atoms with E-state index in [2.05, 4.69) is 5.32 Å². The number of hydrogen-bond donors (Lipinski definition) is 3. The summed E-state index contributed by atoms with van der Waals surface area (Å²) in [6.45, 7) is 2.01. The minimum Gasteiger partial charge on any atom is -0.352 e. The summed E-state index contributed by atoms with van der Waals surface area (Å²) in [5, 5.41) is 3.03. The Balaban J connectivity index is 1.90. The van der Waals surface area contributed by atoms with Gasteiger partial charge < -0.3 is 16.8 Å². The first-order chi connectivity index (χ1) is 9.06. The lowest BCUT2D eigenvalue weighted by Crippen LogP contribution is -2.44. The summed E-state index contributed by atoms with van der Waals surface area (Å²) in [5.41, 5.74) is 13.9. The normalized spacial score (nSPS) is 24.8. The topological polar surface area (TPSA) is 81.1 Å². The maximum absolute atomic E-state index is 12.1. The number of benzene rings is 1. The average Bonchev–Trinajstić information content (AvgIpc) is 2.41. The summed E-state index contributed by atoms with van der Waals surface area (Å²) in [5.74, 6) is -0.0932. The lowest BCUT2D eigenvalue weighted by Gasteiger charge is -2.27. The lowest BCUT2D eigenvalue weighted by molar-refractivity contribution is -0.123. The summed E-state index contributed by atoms with van der Waals surface area (Å²) < 4.78 is 0. The van der Waals surface area contributed by atoms with Gasteiger partial charge in [-0.15, -0.1) is 0 Å². The van der Waals surface area contributed by atoms with Gasteiger partial charge in [0, 0.05) is 12.1 Å². The average molecular weight is 261 g/mol. The van der Waals surface area contributed by atoms with Crippen molar-refractivity contribution in [2.75, 3.05) is 0 Å². The monoisotopic (exact) mass is 261 g/mol. The van der Waals surface area contributed by atoms with Gasteiger partial charge in [0.1, 0.15) is 6.04 Å². The van der Waals surface area contributed by atoms with Crippen LogP contribution in [0.4, 0.5) is 0 Å². The van der Waals surface area contributed by atoms with Crippen LogP contribution in [0.2, 0.25) is 0 Å². The predicted octanol–water partition coefficient (Wildman–Crippen LogP) is 1.38. The van der Waals surface area contributed by atoms with Crippen molar-refractivity contribution in [3.8, 4) is 0 Å². The van der Waals surface area contributed by atoms with Gasteiger partial charge in [-0.25, -0.2) is 0 Å². The number of carbonyl (C=O) groups excluding carboxylic acids is 1. The smallest absolute Gasteiger partial charge is 0.241 e. The summed E-state index contributed by atoms with van der Waals surface area (Å²) in [6, 6.07) is 7.70. The Morgan fingerprint density at radius 3 is 2.37 bits per heavy atom. The molecule has 0 heterocycles. The van der Waals surface area contributed by atoms with E-state index in [0.29, 0.717) is 6.04 Å². The largest absolute Gasteiger partial charge is 0.352 e. The lowest BCUT2D eigenvalue weighted by atomic mass is 9.91. The molecule has 2 rings (SSSR count). The molecule has 0 aliphatic heterocycles. The molecule has 1 aromatic carbocycles. The van der Waals surface area contributed by atoms with Gasteiger partial charge in [0.15, 0.2) is 0 Å². The molecule has 1 saturated carbocycles. The van der Waals surface area contributed by atoms with Gasteiger partial charge in [0.25, 0.3) is 0 Å². The molecule has 0 radical (unpaired) electrons. The highest BCUT2D eigenvalue weighted by atomic mass is 16.2. The minimum atomic E-state index is -0.587. The van der Waals surface area contributed by atoms with E-state index in [1.54, 1.807) is 0 Å². The molecule has 1 aliphatic rings. The molecule has 1 fully saturated rings. The van der Waals surface area contributed by atoms with Crippen molar-refractivity contribution in [2.24, 2.45) is 11.5 Å². The standard InChI is InChI=1S/C15H23N3O/c1-10-2-4-11(5-3-10)14(17)15(19)18-13-8-6-12(16)7-9-13/h2-5,12-14H,6-9,16-17H2,1H3,(H,18,19). The zero-order valence-corrected chi connectivity index (χ0v) is 11.4. The number of rotatable bonds is 3. The van der Waals surface area contributed by atoms with Crippen molar-refractivity contribution in [3.63, 3.8) is 0 Å². The zero-order valence-electron chi connectivity index (χ0n) is 11.4. The Bertz CT molecular complexity index is 422. The first kappa shape index (κ1) is 14.0. The molecule has 4 heteroatoms. The third kappa shape index (κ3) is 3.78. The quantitative estimate of drug-likeness (QED) is 0.769. The van der Waals surface area contributed by atoms with Crippen LogP contribution < -0.4 is 16.8 Å². The fraction of sp³-hybridized carbons (Fsp3) is 0.533. The molecule has 0 saturated heterocycles. The molecule has 1 amide bonds. The molecule has 104 valence electrons. The van der Waals surface area contributed by atoms with Crippen molar-refractivity contribution < 1.29 is 4.79 Å². The molecule has 1 unspecified atom stereocenters. The SMILES string of the molecule is Cc1ccc(C(N)C(=O)NC2CCC(N)CC2)cc1. The minimum absolute atomic E-state index is 0.0932. The van der Waals surface area contributed by atoms with E-state index >= 15 is 0 Å². The van der Waals surface area contributed by atoms with Gasteiger partial charge in [-0.05, 0) is 38.2 Å². The molecular formula is C15H23N3O. The second kappa shape index (κ2) is 6.17. The Kier molecular flexibility index (Phi) is 4.56. The molecule has 5 N–H and O–H groups in total. The first-order valence-corrected chi connectivity index (χ1v) is 6.94. The van der Waals surface area contributed by atoms with Crippen LogP contribution in [0.5, 0.6) is 0 Å². The van der Waals surface area contributed by atoms with E-state index in [4.69, 9.17) is 11.5 Å². The Hall–Kier alpha value is -1.39. The summed E-state index contributed by atoms with van der Waals surface area (Å²) in [7, 11) is 0. The van der Waals surface area contributed by atoms with E-state index in [9.17, 15) is 4.79 Å². The number of aryl methyl sites for hydroxylation is 1. The number of hydrogen-bond acceptors (Lipinski definition) is 3. The van der Waals surface area contributed by atoms with Gasteiger partial charge in [-0.3, -0.25) is 4.79 Å². The Morgan fingerprint density at radius 1 is 1.21 bits per heavy atom. The van der Waals surface area contributed by atoms with Crippen LogP contribution in [0.15, 0.2) is 24.3 Å². The van der Waals surface area contributed by atoms with Crippen LogP contribution in [0, 0.1) is 6.92 Å². The van der Waals surface area contributed by atoms with Crippen LogP contribution in [0.1, 0.15) is 42.9 Å². The fourth-order valence-corrected chi connectivity index (χ4v) is 2.48. The molecule has 0 spiro atoms. The summed E-state index contributed by atoms with van der Waals surface area (Å²) in [6.07, 6.45) is 3.86. The highest BCUT2D eigenvalue weighted by Crippen LogP contribution is 2.18. The van der Waals surface area contributed by atoms with E-state index < -0.39 is 6.04 Å². The fourth-order valence-electron chi connectivity index (χ4n) is 2.48. The molecule has 1 aliphatic carbocycles. The van der Waals surface area contributed by atoms with Crippen LogP contribution in [-0.4, -0.2) is 18.0 Å². The maximum atomic E-state index is 12.1. The third-order valence-electron chi connectivity index (χ3n) is 3.84. The second-order valence-corrected chi connectivity index (χ2v) is 5.51. The molecule has 1 aromatic rings. The predicted molar refractivity (Wildman–Crippen MR) is 76.5 cm³/mol. The van der Waals surface area contributed by atoms with Gasteiger partial charge in [0.05, 0.1) is 0 Å². The van der Waals surface area contributed by atoms with E-state index in [-0.39, 0.29) is 11.9 Å². The highest BCUT2D eigenvalue weighted by molar-refractivity contribution is 5.83. The second-order valence-electron chi connectivity index (χ2n) is 5.51. The van der Waals surface area contributed by atoms with Crippen molar-refractivity contribution in [2.45, 2.75) is 50.7 Å². The van der Waals surface area contributed by atoms with Gasteiger partial charge in [-0.2, -0.15) is 0 Å². The first-order valence-electron chi connectivity index (χ1n) is 6.94. The van der Waals surface area contributed by atoms with Crippen molar-refractivity contribution >= 4 is 5.91 Å². The molecule has 4 nitrogen and oxygen atoms in total. The van der Waals surface area contributed by atoms with Crippen LogP contribution in [0.25, 0.3) is 0 Å². The van der Waals surface area contributed by atoms with E-state index in [0.717, 1.165) is 36.8 Å². The molecule has 0 aromatic heterocycles. The molecule has 19 heavy (non-hydrogen) atoms. The number of nitrogens with one attached hydrogen (secondary N) is 1. The highest BCUT2D eigenvalue weighted by Gasteiger charge is 2.23. The maximum Gasteiger partial charge on any atom is 0.241 e. The third-order valence-corrected chi connectivity index (χ3v) is 3.84. The summed E-state index contributed by atoms with van der Waals surface area (Å²) >= 11 is 0. The Labute approximate surface area is 114 Å². The zero-order chi connectivity index (χ0) is 13.8. The van der Waals surface area contributed by atoms with Crippen LogP contribution in [0.3, 0.4) is 0 Å². The molecule has 1 atom stereocenters. The van der Waals surface area contributed by atoms with Gasteiger partial charge in [-0.1, -0.05) is 29.8 Å². The van der Waals surface area contributed by atoms with E-state index in [1.165, 1.54) is 0 Å². The van der Waals surface area contributed by atoms with Crippen LogP contribution >= 0.6 is 0 Å². The van der Waals surface area contributed by atoms with Crippen molar-refractivity contribution in [3.05, 3.63) is 35.4 Å². The van der Waals surface area contributed by atoms with E-state index in [1.807, 2.05) is 31.2 Å². The van der Waals surface area contributed by atoms with Crippen molar-refractivity contribution in [1.82, 2.24) is 5.32 Å². The Morgan fingerprint density at radius 2 is 1.79 bits per heavy atom. The molecular weight excluding hydrogens is 238 g/mol. The van der Waals surface area contributed by atoms with Crippen molar-refractivity contribution in [1.29, 1.82) is 0 Å². The molecule has 0 bridgehead atoms. The number of carbonyl (C=O) groups is 1.